The molecule has 1 fully saturated rings. The van der Waals surface area contributed by atoms with Crippen LogP contribution in [-0.4, -0.2) is 37.2 Å². The largest absolute Gasteiger partial charge is 0.382 e. The van der Waals surface area contributed by atoms with Crippen molar-refractivity contribution in [3.63, 3.8) is 0 Å². The average Bonchev–Trinajstić information content (AvgIpc) is 2.65. The number of hydrogen-bond acceptors (Lipinski definition) is 3. The van der Waals surface area contributed by atoms with Gasteiger partial charge in [0.2, 0.25) is 0 Å². The molecule has 1 N–H and O–H groups in total. The minimum atomic E-state index is -0.0109. The maximum Gasteiger partial charge on any atom is 0.0696 e. The van der Waals surface area contributed by atoms with Crippen molar-refractivity contribution in [2.75, 3.05) is 32.1 Å². The minimum absolute atomic E-state index is 0.0109. The number of hydrogen-bond donors (Lipinski definition) is 1. The molecule has 134 valence electrons. The highest BCUT2D eigenvalue weighted by molar-refractivity contribution is 5.46. The van der Waals surface area contributed by atoms with E-state index in [-0.39, 0.29) is 5.54 Å². The number of anilines is 1. The topological polar surface area (TPSA) is 24.5 Å². The van der Waals surface area contributed by atoms with Crippen molar-refractivity contribution in [2.45, 2.75) is 31.8 Å². The van der Waals surface area contributed by atoms with E-state index in [1.807, 2.05) is 0 Å². The maximum absolute atomic E-state index is 5.63. The van der Waals surface area contributed by atoms with Crippen molar-refractivity contribution >= 4 is 5.69 Å². The molecule has 1 saturated heterocycles. The lowest BCUT2D eigenvalue weighted by atomic mass is 9.78. The predicted molar refractivity (Wildman–Crippen MR) is 105 cm³/mol. The van der Waals surface area contributed by atoms with Crippen molar-refractivity contribution < 1.29 is 4.74 Å². The molecule has 0 aliphatic carbocycles. The molecule has 3 heteroatoms. The highest BCUT2D eigenvalue weighted by Gasteiger charge is 2.41. The molecule has 0 spiro atoms. The Labute approximate surface area is 152 Å². The zero-order chi connectivity index (χ0) is 17.7. The number of para-hydroxylation sites is 1. The third kappa shape index (κ3) is 4.05. The van der Waals surface area contributed by atoms with Crippen LogP contribution in [0, 0.1) is 5.92 Å². The van der Waals surface area contributed by atoms with Crippen LogP contribution in [-0.2, 0) is 4.74 Å². The first kappa shape index (κ1) is 18.0. The molecular formula is C22H30N2O. The highest BCUT2D eigenvalue weighted by atomic mass is 16.5. The van der Waals surface area contributed by atoms with E-state index in [4.69, 9.17) is 4.74 Å². The first-order valence-corrected chi connectivity index (χ1v) is 9.26. The zero-order valence-electron chi connectivity index (χ0n) is 15.6. The first-order chi connectivity index (χ1) is 12.1. The molecular weight excluding hydrogens is 308 g/mol. The van der Waals surface area contributed by atoms with E-state index in [2.05, 4.69) is 84.7 Å². The van der Waals surface area contributed by atoms with Crippen LogP contribution in [0.25, 0.3) is 0 Å². The number of likely N-dealkylation sites (tertiary alicyclic amines) is 1. The summed E-state index contributed by atoms with van der Waals surface area (Å²) in [5, 5.41) is 3.79. The van der Waals surface area contributed by atoms with Crippen molar-refractivity contribution in [1.82, 2.24) is 4.90 Å². The van der Waals surface area contributed by atoms with Gasteiger partial charge in [0.15, 0.2) is 0 Å². The number of ether oxygens (including phenoxy) is 1. The summed E-state index contributed by atoms with van der Waals surface area (Å²) in [6.07, 6.45) is 1.08. The van der Waals surface area contributed by atoms with Gasteiger partial charge in [-0.1, -0.05) is 55.5 Å². The van der Waals surface area contributed by atoms with Gasteiger partial charge in [-0.2, -0.15) is 0 Å². The molecule has 3 rings (SSSR count). The van der Waals surface area contributed by atoms with Gasteiger partial charge in [0.05, 0.1) is 12.1 Å². The number of rotatable bonds is 6. The fourth-order valence-electron chi connectivity index (χ4n) is 4.00. The summed E-state index contributed by atoms with van der Waals surface area (Å²) in [6.45, 7) is 7.54. The third-order valence-corrected chi connectivity index (χ3v) is 5.70. The van der Waals surface area contributed by atoms with E-state index in [1.54, 1.807) is 7.11 Å². The molecule has 0 bridgehead atoms. The van der Waals surface area contributed by atoms with Gasteiger partial charge in [-0.25, -0.2) is 0 Å². The van der Waals surface area contributed by atoms with Crippen LogP contribution in [0.4, 0.5) is 5.69 Å². The summed E-state index contributed by atoms with van der Waals surface area (Å²) < 4.78 is 5.63. The summed E-state index contributed by atoms with van der Waals surface area (Å²) in [5.41, 5.74) is 2.56. The Morgan fingerprint density at radius 1 is 1.12 bits per heavy atom. The SMILES string of the molecule is COCC1(Nc2ccccc2)CCN(C(C)c2ccccc2)CC1C. The number of methoxy groups -OCH3 is 1. The summed E-state index contributed by atoms with van der Waals surface area (Å²) >= 11 is 0. The fraction of sp³-hybridized carbons (Fsp3) is 0.455. The lowest BCUT2D eigenvalue weighted by molar-refractivity contribution is 0.0357. The molecule has 2 aromatic carbocycles. The Bertz CT molecular complexity index is 646. The van der Waals surface area contributed by atoms with Gasteiger partial charge in [-0.15, -0.1) is 0 Å². The van der Waals surface area contributed by atoms with Crippen LogP contribution in [0.1, 0.15) is 31.9 Å². The van der Waals surface area contributed by atoms with Crippen molar-refractivity contribution in [3.8, 4) is 0 Å². The van der Waals surface area contributed by atoms with Crippen LogP contribution in [0.15, 0.2) is 60.7 Å². The van der Waals surface area contributed by atoms with Gasteiger partial charge >= 0.3 is 0 Å². The Hall–Kier alpha value is -1.84. The van der Waals surface area contributed by atoms with Gasteiger partial charge in [-0.3, -0.25) is 4.90 Å². The molecule has 3 atom stereocenters. The molecule has 3 unspecified atom stereocenters. The second-order valence-electron chi connectivity index (χ2n) is 7.31. The standard InChI is InChI=1S/C22H30N2O/c1-18-16-24(19(2)20-10-6-4-7-11-20)15-14-22(18,17-25-3)23-21-12-8-5-9-13-21/h4-13,18-19,23H,14-17H2,1-3H3. The molecule has 0 radical (unpaired) electrons. The quantitative estimate of drug-likeness (QED) is 0.834. The predicted octanol–water partition coefficient (Wildman–Crippen LogP) is 4.59. The summed E-state index contributed by atoms with van der Waals surface area (Å²) in [5.74, 6) is 0.493. The second-order valence-corrected chi connectivity index (χ2v) is 7.31. The molecule has 0 amide bonds. The van der Waals surface area contributed by atoms with Gasteiger partial charge < -0.3 is 10.1 Å². The van der Waals surface area contributed by atoms with Gasteiger partial charge in [0, 0.05) is 31.9 Å². The summed E-state index contributed by atoms with van der Waals surface area (Å²) in [4.78, 5) is 2.60. The Kier molecular flexibility index (Phi) is 5.77. The normalized spacial score (nSPS) is 25.5. The number of benzene rings is 2. The van der Waals surface area contributed by atoms with E-state index < -0.39 is 0 Å². The average molecular weight is 338 g/mol. The molecule has 0 aromatic heterocycles. The molecule has 1 aliphatic rings. The zero-order valence-corrected chi connectivity index (χ0v) is 15.6. The highest BCUT2D eigenvalue weighted by Crippen LogP contribution is 2.35. The van der Waals surface area contributed by atoms with Gasteiger partial charge in [0.25, 0.3) is 0 Å². The Morgan fingerprint density at radius 3 is 2.36 bits per heavy atom. The lowest BCUT2D eigenvalue weighted by Crippen LogP contribution is -2.58. The van der Waals surface area contributed by atoms with Crippen LogP contribution in [0.3, 0.4) is 0 Å². The number of piperidine rings is 1. The van der Waals surface area contributed by atoms with Crippen molar-refractivity contribution in [2.24, 2.45) is 5.92 Å². The maximum atomic E-state index is 5.63. The van der Waals surface area contributed by atoms with E-state index in [1.165, 1.54) is 11.3 Å². The Morgan fingerprint density at radius 2 is 1.76 bits per heavy atom. The Balaban J connectivity index is 1.73. The molecule has 0 saturated carbocycles. The second kappa shape index (κ2) is 8.03. The molecule has 2 aromatic rings. The van der Waals surface area contributed by atoms with Crippen molar-refractivity contribution in [1.29, 1.82) is 0 Å². The number of nitrogens with zero attached hydrogens (tertiary/aromatic N) is 1. The van der Waals surface area contributed by atoms with Crippen LogP contribution in [0.2, 0.25) is 0 Å². The fourth-order valence-corrected chi connectivity index (χ4v) is 4.00. The van der Waals surface area contributed by atoms with Gasteiger partial charge in [0.1, 0.15) is 0 Å². The molecule has 3 nitrogen and oxygen atoms in total. The van der Waals surface area contributed by atoms with E-state index in [9.17, 15) is 0 Å². The smallest absolute Gasteiger partial charge is 0.0696 e. The van der Waals surface area contributed by atoms with Crippen LogP contribution in [0.5, 0.6) is 0 Å². The van der Waals surface area contributed by atoms with Crippen LogP contribution < -0.4 is 5.32 Å². The summed E-state index contributed by atoms with van der Waals surface area (Å²) in [7, 11) is 1.81. The van der Waals surface area contributed by atoms with E-state index >= 15 is 0 Å². The van der Waals surface area contributed by atoms with E-state index in [0.717, 1.165) is 26.1 Å². The molecule has 1 heterocycles. The van der Waals surface area contributed by atoms with E-state index in [0.29, 0.717) is 12.0 Å². The monoisotopic (exact) mass is 338 g/mol. The summed E-state index contributed by atoms with van der Waals surface area (Å²) in [6, 6.07) is 21.8. The minimum Gasteiger partial charge on any atom is -0.382 e. The van der Waals surface area contributed by atoms with Gasteiger partial charge in [-0.05, 0) is 37.0 Å². The first-order valence-electron chi connectivity index (χ1n) is 9.26. The molecule has 25 heavy (non-hydrogen) atoms. The lowest BCUT2D eigenvalue weighted by Gasteiger charge is -2.49. The molecule has 1 aliphatic heterocycles. The van der Waals surface area contributed by atoms with Crippen molar-refractivity contribution in [3.05, 3.63) is 66.2 Å². The third-order valence-electron chi connectivity index (χ3n) is 5.70. The van der Waals surface area contributed by atoms with Crippen LogP contribution >= 0.6 is 0 Å². The number of nitrogens with one attached hydrogen (secondary N) is 1.